The second kappa shape index (κ2) is 6.58. The predicted molar refractivity (Wildman–Crippen MR) is 80.6 cm³/mol. The number of hydrogen-bond donors (Lipinski definition) is 0. The second-order valence-electron chi connectivity index (χ2n) is 6.02. The highest BCUT2D eigenvalue weighted by atomic mass is 16.5. The van der Waals surface area contributed by atoms with Crippen LogP contribution in [0.2, 0.25) is 0 Å². The molecule has 2 aliphatic heterocycles. The molecular formula is C15H22N4O3. The lowest BCUT2D eigenvalue weighted by atomic mass is 9.87. The molecule has 2 fully saturated rings. The van der Waals surface area contributed by atoms with E-state index in [1.54, 1.807) is 25.7 Å². The molecule has 7 heteroatoms. The average molecular weight is 306 g/mol. The van der Waals surface area contributed by atoms with Crippen molar-refractivity contribution in [2.24, 2.45) is 5.41 Å². The maximum Gasteiger partial charge on any atom is 0.223 e. The Bertz CT molecular complexity index is 513. The van der Waals surface area contributed by atoms with Crippen LogP contribution in [0.3, 0.4) is 0 Å². The predicted octanol–water partition coefficient (Wildman–Crippen LogP) is 0.178. The first-order chi connectivity index (χ1) is 10.7. The van der Waals surface area contributed by atoms with Gasteiger partial charge in [-0.15, -0.1) is 0 Å². The van der Waals surface area contributed by atoms with Crippen LogP contribution in [0.1, 0.15) is 6.42 Å². The third kappa shape index (κ3) is 3.20. The zero-order valence-corrected chi connectivity index (χ0v) is 12.9. The molecule has 0 aromatic carbocycles. The topological polar surface area (TPSA) is 67.8 Å². The first-order valence-corrected chi connectivity index (χ1v) is 7.58. The van der Waals surface area contributed by atoms with Crippen molar-refractivity contribution in [1.82, 2.24) is 14.9 Å². The smallest absolute Gasteiger partial charge is 0.223 e. The molecule has 2 saturated heterocycles. The van der Waals surface area contributed by atoms with E-state index in [1.807, 2.05) is 4.90 Å². The zero-order valence-electron chi connectivity index (χ0n) is 12.9. The van der Waals surface area contributed by atoms with Crippen LogP contribution in [0.15, 0.2) is 18.6 Å². The zero-order chi connectivity index (χ0) is 15.4. The molecule has 3 rings (SSSR count). The summed E-state index contributed by atoms with van der Waals surface area (Å²) in [6.07, 6.45) is 5.64. The molecule has 7 nitrogen and oxygen atoms in total. The van der Waals surface area contributed by atoms with Crippen molar-refractivity contribution in [3.05, 3.63) is 18.6 Å². The highest BCUT2D eigenvalue weighted by Gasteiger charge is 2.45. The van der Waals surface area contributed by atoms with Crippen molar-refractivity contribution >= 4 is 11.7 Å². The van der Waals surface area contributed by atoms with E-state index in [9.17, 15) is 4.79 Å². The second-order valence-corrected chi connectivity index (χ2v) is 6.02. The van der Waals surface area contributed by atoms with Gasteiger partial charge in [-0.3, -0.25) is 9.78 Å². The summed E-state index contributed by atoms with van der Waals surface area (Å²) in [5.41, 5.74) is -0.168. The SMILES string of the molecule is COCCN1C[C@@]2(COCCN(c3cnccn3)C2)CC1=O. The summed E-state index contributed by atoms with van der Waals surface area (Å²) >= 11 is 0. The fourth-order valence-electron chi connectivity index (χ4n) is 3.23. The molecule has 0 unspecified atom stereocenters. The van der Waals surface area contributed by atoms with Gasteiger partial charge in [0.05, 0.1) is 26.0 Å². The van der Waals surface area contributed by atoms with Gasteiger partial charge < -0.3 is 19.3 Å². The lowest BCUT2D eigenvalue weighted by Gasteiger charge is -2.31. The first kappa shape index (κ1) is 15.2. The van der Waals surface area contributed by atoms with Crippen LogP contribution in [-0.4, -0.2) is 73.9 Å². The lowest BCUT2D eigenvalue weighted by Crippen LogP contribution is -2.41. The summed E-state index contributed by atoms with van der Waals surface area (Å²) in [6.45, 7) is 4.71. The van der Waals surface area contributed by atoms with Gasteiger partial charge in [0.25, 0.3) is 0 Å². The van der Waals surface area contributed by atoms with Gasteiger partial charge >= 0.3 is 0 Å². The van der Waals surface area contributed by atoms with Crippen molar-refractivity contribution in [2.45, 2.75) is 6.42 Å². The van der Waals surface area contributed by atoms with E-state index in [2.05, 4.69) is 14.9 Å². The molecule has 2 aliphatic rings. The molecule has 0 radical (unpaired) electrons. The van der Waals surface area contributed by atoms with E-state index in [0.717, 1.165) is 18.9 Å². The molecule has 22 heavy (non-hydrogen) atoms. The third-order valence-electron chi connectivity index (χ3n) is 4.28. The Hall–Kier alpha value is -1.73. The maximum atomic E-state index is 12.3. The van der Waals surface area contributed by atoms with Crippen LogP contribution in [0.25, 0.3) is 0 Å². The quantitative estimate of drug-likeness (QED) is 0.790. The molecule has 1 amide bonds. The fraction of sp³-hybridized carbons (Fsp3) is 0.667. The Morgan fingerprint density at radius 3 is 3.09 bits per heavy atom. The van der Waals surface area contributed by atoms with Crippen LogP contribution in [-0.2, 0) is 14.3 Å². The summed E-state index contributed by atoms with van der Waals surface area (Å²) < 4.78 is 10.9. The number of aromatic nitrogens is 2. The highest BCUT2D eigenvalue weighted by Crippen LogP contribution is 2.35. The van der Waals surface area contributed by atoms with E-state index < -0.39 is 0 Å². The molecule has 0 bridgehead atoms. The summed E-state index contributed by atoms with van der Waals surface area (Å²) in [6, 6.07) is 0. The van der Waals surface area contributed by atoms with Gasteiger partial charge in [-0.1, -0.05) is 0 Å². The van der Waals surface area contributed by atoms with Gasteiger partial charge in [-0.05, 0) is 0 Å². The number of amides is 1. The van der Waals surface area contributed by atoms with E-state index in [1.165, 1.54) is 0 Å². The fourth-order valence-corrected chi connectivity index (χ4v) is 3.23. The number of ether oxygens (including phenoxy) is 2. The largest absolute Gasteiger partial charge is 0.383 e. The Labute approximate surface area is 130 Å². The minimum Gasteiger partial charge on any atom is -0.383 e. The van der Waals surface area contributed by atoms with Crippen molar-refractivity contribution < 1.29 is 14.3 Å². The van der Waals surface area contributed by atoms with Gasteiger partial charge in [0.1, 0.15) is 5.82 Å². The van der Waals surface area contributed by atoms with Gasteiger partial charge in [0.2, 0.25) is 5.91 Å². The van der Waals surface area contributed by atoms with Crippen molar-refractivity contribution in [3.8, 4) is 0 Å². The highest BCUT2D eigenvalue weighted by molar-refractivity contribution is 5.79. The van der Waals surface area contributed by atoms with Crippen molar-refractivity contribution in [2.75, 3.05) is 58.0 Å². The normalized spacial score (nSPS) is 25.8. The monoisotopic (exact) mass is 306 g/mol. The van der Waals surface area contributed by atoms with Crippen LogP contribution < -0.4 is 4.90 Å². The number of anilines is 1. The standard InChI is InChI=1S/C15H22N4O3/c1-21-6-4-19-11-15(8-14(19)20)10-18(5-7-22-12-15)13-9-16-2-3-17-13/h2-3,9H,4-8,10-12H2,1H3/t15-/m1/s1. The Kier molecular flexibility index (Phi) is 4.54. The molecule has 0 aliphatic carbocycles. The van der Waals surface area contributed by atoms with E-state index in [0.29, 0.717) is 39.3 Å². The first-order valence-electron chi connectivity index (χ1n) is 7.58. The number of carbonyl (C=O) groups excluding carboxylic acids is 1. The van der Waals surface area contributed by atoms with Gasteiger partial charge in [0, 0.05) is 57.5 Å². The number of methoxy groups -OCH3 is 1. The van der Waals surface area contributed by atoms with Crippen LogP contribution in [0.4, 0.5) is 5.82 Å². The molecule has 1 aromatic heterocycles. The van der Waals surface area contributed by atoms with Crippen LogP contribution >= 0.6 is 0 Å². The van der Waals surface area contributed by atoms with E-state index >= 15 is 0 Å². The van der Waals surface area contributed by atoms with E-state index in [4.69, 9.17) is 9.47 Å². The number of nitrogens with zero attached hydrogens (tertiary/aromatic N) is 4. The Morgan fingerprint density at radius 2 is 2.32 bits per heavy atom. The van der Waals surface area contributed by atoms with Crippen molar-refractivity contribution in [1.29, 1.82) is 0 Å². The number of hydrogen-bond acceptors (Lipinski definition) is 6. The number of rotatable bonds is 4. The summed E-state index contributed by atoms with van der Waals surface area (Å²) in [5.74, 6) is 1.02. The maximum absolute atomic E-state index is 12.3. The third-order valence-corrected chi connectivity index (χ3v) is 4.28. The van der Waals surface area contributed by atoms with Crippen molar-refractivity contribution in [3.63, 3.8) is 0 Å². The minimum atomic E-state index is -0.168. The van der Waals surface area contributed by atoms with E-state index in [-0.39, 0.29) is 11.3 Å². The molecule has 1 spiro atoms. The summed E-state index contributed by atoms with van der Waals surface area (Å²) in [7, 11) is 1.65. The molecule has 1 aromatic rings. The Morgan fingerprint density at radius 1 is 1.41 bits per heavy atom. The van der Waals surface area contributed by atoms with Crippen LogP contribution in [0.5, 0.6) is 0 Å². The molecule has 0 N–H and O–H groups in total. The Balaban J connectivity index is 1.74. The van der Waals surface area contributed by atoms with Gasteiger partial charge in [-0.25, -0.2) is 4.98 Å². The summed E-state index contributed by atoms with van der Waals surface area (Å²) in [5, 5.41) is 0. The average Bonchev–Trinajstić information content (AvgIpc) is 2.71. The molecule has 3 heterocycles. The molecule has 0 saturated carbocycles. The number of carbonyl (C=O) groups is 1. The van der Waals surface area contributed by atoms with Gasteiger partial charge in [-0.2, -0.15) is 0 Å². The number of likely N-dealkylation sites (tertiary alicyclic amines) is 1. The lowest BCUT2D eigenvalue weighted by molar-refractivity contribution is -0.128. The molecular weight excluding hydrogens is 284 g/mol. The molecule has 120 valence electrons. The van der Waals surface area contributed by atoms with Gasteiger partial charge in [0.15, 0.2) is 0 Å². The van der Waals surface area contributed by atoms with Crippen LogP contribution in [0, 0.1) is 5.41 Å². The minimum absolute atomic E-state index is 0.168. The molecule has 1 atom stereocenters. The summed E-state index contributed by atoms with van der Waals surface area (Å²) in [4.78, 5) is 24.8.